The molecule has 0 saturated carbocycles. The summed E-state index contributed by atoms with van der Waals surface area (Å²) in [5.41, 5.74) is 2.34. The second kappa shape index (κ2) is 5.63. The van der Waals surface area contributed by atoms with Crippen molar-refractivity contribution in [3.63, 3.8) is 0 Å². The van der Waals surface area contributed by atoms with E-state index in [0.29, 0.717) is 0 Å². The second-order valence-corrected chi connectivity index (χ2v) is 5.42. The van der Waals surface area contributed by atoms with Crippen molar-refractivity contribution in [3.8, 4) is 10.6 Å². The summed E-state index contributed by atoms with van der Waals surface area (Å²) >= 11 is 7.68. The SMILES string of the molecule is CCNCc1cnc(-c2ccc(Cl)cc2C)s1. The number of benzene rings is 1. The molecule has 17 heavy (non-hydrogen) atoms. The van der Waals surface area contributed by atoms with Gasteiger partial charge in [0.05, 0.1) is 0 Å². The molecule has 0 unspecified atom stereocenters. The van der Waals surface area contributed by atoms with Crippen LogP contribution in [0.2, 0.25) is 5.02 Å². The highest BCUT2D eigenvalue weighted by Crippen LogP contribution is 2.29. The van der Waals surface area contributed by atoms with E-state index in [0.717, 1.165) is 23.1 Å². The molecular weight excluding hydrogens is 252 g/mol. The van der Waals surface area contributed by atoms with Crippen LogP contribution in [0.15, 0.2) is 24.4 Å². The van der Waals surface area contributed by atoms with Gasteiger partial charge in [0.1, 0.15) is 5.01 Å². The molecule has 1 aromatic heterocycles. The van der Waals surface area contributed by atoms with E-state index in [9.17, 15) is 0 Å². The minimum absolute atomic E-state index is 0.774. The van der Waals surface area contributed by atoms with E-state index in [1.165, 1.54) is 16.0 Å². The fraction of sp³-hybridized carbons (Fsp3) is 0.308. The molecule has 1 N–H and O–H groups in total. The van der Waals surface area contributed by atoms with Crippen LogP contribution >= 0.6 is 22.9 Å². The molecule has 0 radical (unpaired) electrons. The van der Waals surface area contributed by atoms with Crippen molar-refractivity contribution in [2.45, 2.75) is 20.4 Å². The minimum Gasteiger partial charge on any atom is -0.312 e. The molecule has 2 aromatic rings. The van der Waals surface area contributed by atoms with Gasteiger partial charge in [-0.2, -0.15) is 0 Å². The molecule has 0 aliphatic rings. The van der Waals surface area contributed by atoms with Crippen molar-refractivity contribution in [2.24, 2.45) is 0 Å². The van der Waals surface area contributed by atoms with Gasteiger partial charge in [-0.1, -0.05) is 24.6 Å². The monoisotopic (exact) mass is 266 g/mol. The number of hydrogen-bond acceptors (Lipinski definition) is 3. The third-order valence-electron chi connectivity index (χ3n) is 2.52. The van der Waals surface area contributed by atoms with Gasteiger partial charge < -0.3 is 5.32 Å². The Morgan fingerprint density at radius 3 is 2.94 bits per heavy atom. The molecule has 90 valence electrons. The van der Waals surface area contributed by atoms with E-state index < -0.39 is 0 Å². The van der Waals surface area contributed by atoms with Crippen molar-refractivity contribution in [2.75, 3.05) is 6.54 Å². The Balaban J connectivity index is 2.24. The average molecular weight is 267 g/mol. The highest BCUT2D eigenvalue weighted by Gasteiger charge is 2.07. The lowest BCUT2D eigenvalue weighted by Gasteiger charge is -2.02. The quantitative estimate of drug-likeness (QED) is 0.908. The van der Waals surface area contributed by atoms with Crippen molar-refractivity contribution in [1.29, 1.82) is 0 Å². The van der Waals surface area contributed by atoms with Crippen LogP contribution in [0, 0.1) is 6.92 Å². The van der Waals surface area contributed by atoms with Crippen LogP contribution in [0.1, 0.15) is 17.4 Å². The predicted molar refractivity (Wildman–Crippen MR) is 74.7 cm³/mol. The minimum atomic E-state index is 0.774. The van der Waals surface area contributed by atoms with Crippen molar-refractivity contribution in [1.82, 2.24) is 10.3 Å². The van der Waals surface area contributed by atoms with Gasteiger partial charge in [0, 0.05) is 28.2 Å². The molecule has 0 amide bonds. The molecule has 1 heterocycles. The Labute approximate surface area is 111 Å². The van der Waals surface area contributed by atoms with Crippen molar-refractivity contribution >= 4 is 22.9 Å². The zero-order valence-electron chi connectivity index (χ0n) is 9.96. The Hall–Kier alpha value is -0.900. The number of rotatable bonds is 4. The molecule has 1 aromatic carbocycles. The maximum absolute atomic E-state index is 5.95. The number of nitrogens with zero attached hydrogens (tertiary/aromatic N) is 1. The Bertz CT molecular complexity index is 508. The van der Waals surface area contributed by atoms with Gasteiger partial charge in [-0.05, 0) is 31.2 Å². The van der Waals surface area contributed by atoms with Gasteiger partial charge >= 0.3 is 0 Å². The lowest BCUT2D eigenvalue weighted by Crippen LogP contribution is -2.10. The summed E-state index contributed by atoms with van der Waals surface area (Å²) in [6.07, 6.45) is 1.94. The van der Waals surface area contributed by atoms with Crippen molar-refractivity contribution in [3.05, 3.63) is 39.9 Å². The number of aromatic nitrogens is 1. The number of halogens is 1. The van der Waals surface area contributed by atoms with Crippen LogP contribution in [-0.4, -0.2) is 11.5 Å². The standard InChI is InChI=1S/C13H15ClN2S/c1-3-15-7-11-8-16-13(17-11)12-5-4-10(14)6-9(12)2/h4-6,8,15H,3,7H2,1-2H3. The first-order valence-electron chi connectivity index (χ1n) is 5.62. The van der Waals surface area contributed by atoms with Crippen LogP contribution in [0.3, 0.4) is 0 Å². The molecule has 0 aliphatic heterocycles. The Kier molecular flexibility index (Phi) is 4.15. The van der Waals surface area contributed by atoms with Gasteiger partial charge in [0.15, 0.2) is 0 Å². The molecule has 0 bridgehead atoms. The topological polar surface area (TPSA) is 24.9 Å². The largest absolute Gasteiger partial charge is 0.312 e. The summed E-state index contributed by atoms with van der Waals surface area (Å²) in [7, 11) is 0. The zero-order valence-corrected chi connectivity index (χ0v) is 11.5. The first-order valence-corrected chi connectivity index (χ1v) is 6.82. The smallest absolute Gasteiger partial charge is 0.123 e. The molecule has 0 fully saturated rings. The van der Waals surface area contributed by atoms with E-state index in [2.05, 4.69) is 24.1 Å². The Morgan fingerprint density at radius 2 is 2.24 bits per heavy atom. The summed E-state index contributed by atoms with van der Waals surface area (Å²) in [4.78, 5) is 5.73. The molecule has 0 spiro atoms. The highest BCUT2D eigenvalue weighted by atomic mass is 35.5. The average Bonchev–Trinajstić information content (AvgIpc) is 2.75. The summed E-state index contributed by atoms with van der Waals surface area (Å²) in [5.74, 6) is 0. The fourth-order valence-corrected chi connectivity index (χ4v) is 2.83. The lowest BCUT2D eigenvalue weighted by atomic mass is 10.1. The van der Waals surface area contributed by atoms with E-state index >= 15 is 0 Å². The van der Waals surface area contributed by atoms with E-state index in [-0.39, 0.29) is 0 Å². The molecule has 0 atom stereocenters. The number of aryl methyl sites for hydroxylation is 1. The summed E-state index contributed by atoms with van der Waals surface area (Å²) < 4.78 is 0. The summed E-state index contributed by atoms with van der Waals surface area (Å²) in [5, 5.41) is 5.14. The third kappa shape index (κ3) is 3.06. The van der Waals surface area contributed by atoms with E-state index in [1.54, 1.807) is 11.3 Å². The lowest BCUT2D eigenvalue weighted by molar-refractivity contribution is 0.734. The van der Waals surface area contributed by atoms with Crippen LogP contribution in [0.25, 0.3) is 10.6 Å². The van der Waals surface area contributed by atoms with Gasteiger partial charge in [-0.15, -0.1) is 11.3 Å². The third-order valence-corrected chi connectivity index (χ3v) is 3.79. The van der Waals surface area contributed by atoms with Crippen LogP contribution in [0.5, 0.6) is 0 Å². The number of thiazole rings is 1. The molecule has 2 nitrogen and oxygen atoms in total. The summed E-state index contributed by atoms with van der Waals surface area (Å²) in [6.45, 7) is 6.03. The highest BCUT2D eigenvalue weighted by molar-refractivity contribution is 7.15. The van der Waals surface area contributed by atoms with Gasteiger partial charge in [0.2, 0.25) is 0 Å². The number of nitrogens with one attached hydrogen (secondary N) is 1. The predicted octanol–water partition coefficient (Wildman–Crippen LogP) is 3.88. The normalized spacial score (nSPS) is 10.8. The van der Waals surface area contributed by atoms with E-state index in [1.807, 2.05) is 24.4 Å². The van der Waals surface area contributed by atoms with Gasteiger partial charge in [0.25, 0.3) is 0 Å². The summed E-state index contributed by atoms with van der Waals surface area (Å²) in [6, 6.07) is 5.92. The molecular formula is C13H15ClN2S. The zero-order chi connectivity index (χ0) is 12.3. The maximum atomic E-state index is 5.95. The van der Waals surface area contributed by atoms with Crippen LogP contribution < -0.4 is 5.32 Å². The fourth-order valence-electron chi connectivity index (χ4n) is 1.63. The Morgan fingerprint density at radius 1 is 1.41 bits per heavy atom. The van der Waals surface area contributed by atoms with Gasteiger partial charge in [-0.3, -0.25) is 0 Å². The number of hydrogen-bond donors (Lipinski definition) is 1. The maximum Gasteiger partial charge on any atom is 0.123 e. The molecule has 2 rings (SSSR count). The molecule has 4 heteroatoms. The van der Waals surface area contributed by atoms with Crippen molar-refractivity contribution < 1.29 is 0 Å². The first-order chi connectivity index (χ1) is 8.20. The second-order valence-electron chi connectivity index (χ2n) is 3.87. The van der Waals surface area contributed by atoms with Gasteiger partial charge in [-0.25, -0.2) is 4.98 Å². The van der Waals surface area contributed by atoms with E-state index in [4.69, 9.17) is 11.6 Å². The first kappa shape index (κ1) is 12.6. The van der Waals surface area contributed by atoms with Crippen LogP contribution in [-0.2, 0) is 6.54 Å². The molecule has 0 saturated heterocycles. The molecule has 0 aliphatic carbocycles. The van der Waals surface area contributed by atoms with Crippen LogP contribution in [0.4, 0.5) is 0 Å².